The van der Waals surface area contributed by atoms with Crippen molar-refractivity contribution in [3.05, 3.63) is 24.3 Å². The lowest BCUT2D eigenvalue weighted by atomic mass is 9.69. The number of hydrogen-bond acceptors (Lipinski definition) is 6. The molecule has 2 saturated carbocycles. The molecule has 9 nitrogen and oxygen atoms in total. The number of carbonyl (C=O) groups excluding carboxylic acids is 3. The van der Waals surface area contributed by atoms with Gasteiger partial charge in [0.15, 0.2) is 6.61 Å². The lowest BCUT2D eigenvalue weighted by Gasteiger charge is -2.39. The van der Waals surface area contributed by atoms with Gasteiger partial charge in [-0.15, -0.1) is 0 Å². The van der Waals surface area contributed by atoms with E-state index in [2.05, 4.69) is 36.1 Å². The van der Waals surface area contributed by atoms with Crippen LogP contribution in [0.15, 0.2) is 29.2 Å². The third-order valence-corrected chi connectivity index (χ3v) is 9.20. The molecule has 0 aromatic heterocycles. The first kappa shape index (κ1) is 25.2. The molecule has 2 fully saturated rings. The van der Waals surface area contributed by atoms with Crippen LogP contribution in [-0.2, 0) is 29.1 Å². The molecular weight excluding hydrogens is 446 g/mol. The number of sulfonamides is 1. The van der Waals surface area contributed by atoms with Crippen LogP contribution in [-0.4, -0.2) is 44.9 Å². The minimum atomic E-state index is -4.00. The van der Waals surface area contributed by atoms with E-state index in [1.54, 1.807) is 0 Å². The minimum absolute atomic E-state index is 0.00967. The molecule has 1 aromatic carbocycles. The van der Waals surface area contributed by atoms with Crippen molar-refractivity contribution in [2.75, 3.05) is 11.9 Å². The number of ether oxygens (including phenoxy) is 1. The zero-order valence-electron chi connectivity index (χ0n) is 19.7. The molecule has 0 aliphatic heterocycles. The summed E-state index contributed by atoms with van der Waals surface area (Å²) in [5, 5.41) is 5.55. The highest BCUT2D eigenvalue weighted by atomic mass is 32.2. The molecule has 0 heterocycles. The number of amides is 2. The number of hydrogen-bond donors (Lipinski definition) is 3. The Bertz CT molecular complexity index is 1040. The van der Waals surface area contributed by atoms with Crippen molar-refractivity contribution in [1.82, 2.24) is 10.0 Å². The second-order valence-corrected chi connectivity index (χ2v) is 11.6. The molecule has 3 rings (SSSR count). The van der Waals surface area contributed by atoms with Gasteiger partial charge in [-0.25, -0.2) is 8.42 Å². The Labute approximate surface area is 195 Å². The molecule has 2 amide bonds. The highest BCUT2D eigenvalue weighted by molar-refractivity contribution is 7.89. The second kappa shape index (κ2) is 9.06. The summed E-state index contributed by atoms with van der Waals surface area (Å²) < 4.78 is 32.4. The number of rotatable bonds is 8. The maximum atomic E-state index is 12.5. The number of fused-ring (bicyclic) bond motifs is 2. The van der Waals surface area contributed by atoms with Crippen molar-refractivity contribution in [2.45, 2.75) is 70.9 Å². The monoisotopic (exact) mass is 479 g/mol. The fraction of sp³-hybridized carbons (Fsp3) is 0.609. The van der Waals surface area contributed by atoms with Crippen LogP contribution in [0.4, 0.5) is 5.69 Å². The van der Waals surface area contributed by atoms with Crippen molar-refractivity contribution in [2.24, 2.45) is 16.7 Å². The Hall–Kier alpha value is -2.46. The van der Waals surface area contributed by atoms with Gasteiger partial charge in [0.05, 0.1) is 4.90 Å². The molecule has 0 spiro atoms. The molecule has 10 heteroatoms. The summed E-state index contributed by atoms with van der Waals surface area (Å²) in [6, 6.07) is 4.37. The van der Waals surface area contributed by atoms with Crippen molar-refractivity contribution in [1.29, 1.82) is 0 Å². The smallest absolute Gasteiger partial charge is 0.324 e. The van der Waals surface area contributed by atoms with Crippen LogP contribution in [0, 0.1) is 16.7 Å². The Morgan fingerprint density at radius 3 is 2.30 bits per heavy atom. The van der Waals surface area contributed by atoms with E-state index >= 15 is 0 Å². The van der Waals surface area contributed by atoms with E-state index < -0.39 is 28.6 Å². The summed E-state index contributed by atoms with van der Waals surface area (Å²) in [6.45, 7) is 8.93. The van der Waals surface area contributed by atoms with Crippen molar-refractivity contribution < 1.29 is 27.5 Å². The van der Waals surface area contributed by atoms with Gasteiger partial charge in [0, 0.05) is 18.7 Å². The van der Waals surface area contributed by atoms with Crippen molar-refractivity contribution in [3.8, 4) is 0 Å². The van der Waals surface area contributed by atoms with Gasteiger partial charge in [0.1, 0.15) is 6.04 Å². The molecule has 3 N–H and O–H groups in total. The van der Waals surface area contributed by atoms with Crippen LogP contribution in [0.5, 0.6) is 0 Å². The maximum absolute atomic E-state index is 12.5. The molecule has 1 aromatic rings. The van der Waals surface area contributed by atoms with Crippen LogP contribution >= 0.6 is 0 Å². The van der Waals surface area contributed by atoms with Crippen LogP contribution in [0.2, 0.25) is 0 Å². The molecule has 3 unspecified atom stereocenters. The summed E-state index contributed by atoms with van der Waals surface area (Å²) in [5.74, 6) is -0.941. The number of carbonyl (C=O) groups is 3. The first-order valence-corrected chi connectivity index (χ1v) is 12.6. The van der Waals surface area contributed by atoms with E-state index in [-0.39, 0.29) is 33.6 Å². The summed E-state index contributed by atoms with van der Waals surface area (Å²) in [6.07, 6.45) is 3.14. The Kier molecular flexibility index (Phi) is 6.91. The van der Waals surface area contributed by atoms with Gasteiger partial charge in [-0.1, -0.05) is 20.8 Å². The average Bonchev–Trinajstić information content (AvgIpc) is 3.05. The van der Waals surface area contributed by atoms with E-state index in [1.807, 2.05) is 0 Å². The lowest BCUT2D eigenvalue weighted by Crippen LogP contribution is -2.48. The van der Waals surface area contributed by atoms with E-state index in [9.17, 15) is 22.8 Å². The average molecular weight is 480 g/mol. The zero-order chi connectivity index (χ0) is 24.6. The van der Waals surface area contributed by atoms with Crippen LogP contribution in [0.25, 0.3) is 0 Å². The van der Waals surface area contributed by atoms with Crippen LogP contribution in [0.1, 0.15) is 53.9 Å². The Morgan fingerprint density at radius 2 is 1.79 bits per heavy atom. The van der Waals surface area contributed by atoms with Crippen LogP contribution in [0.3, 0.4) is 0 Å². The molecule has 33 heavy (non-hydrogen) atoms. The number of esters is 1. The second-order valence-electron chi connectivity index (χ2n) is 9.89. The SMILES string of the molecule is CC(=O)Nc1ccc(S(=O)(=O)N[C@@H](C)C(=O)OCC(=O)NC2CC3CCC2(C)C3(C)C)cc1. The highest BCUT2D eigenvalue weighted by Gasteiger charge is 2.61. The highest BCUT2D eigenvalue weighted by Crippen LogP contribution is 2.65. The number of anilines is 1. The third-order valence-electron chi connectivity index (χ3n) is 7.65. The molecular formula is C23H33N3O6S. The molecule has 4 atom stereocenters. The topological polar surface area (TPSA) is 131 Å². The fourth-order valence-corrected chi connectivity index (χ4v) is 6.38. The molecule has 2 bridgehead atoms. The predicted octanol–water partition coefficient (Wildman–Crippen LogP) is 2.19. The third kappa shape index (κ3) is 5.06. The molecule has 0 radical (unpaired) electrons. The molecule has 0 saturated heterocycles. The van der Waals surface area contributed by atoms with Gasteiger partial charge >= 0.3 is 5.97 Å². The Balaban J connectivity index is 1.50. The summed E-state index contributed by atoms with van der Waals surface area (Å²) in [4.78, 5) is 35.7. The quantitative estimate of drug-likeness (QED) is 0.490. The Morgan fingerprint density at radius 1 is 1.15 bits per heavy atom. The van der Waals surface area contributed by atoms with Crippen LogP contribution < -0.4 is 15.4 Å². The first-order chi connectivity index (χ1) is 15.3. The number of benzene rings is 1. The van der Waals surface area contributed by atoms with Gasteiger partial charge < -0.3 is 15.4 Å². The summed E-state index contributed by atoms with van der Waals surface area (Å²) in [5.41, 5.74) is 0.609. The lowest BCUT2D eigenvalue weighted by molar-refractivity contribution is -0.150. The first-order valence-electron chi connectivity index (χ1n) is 11.1. The molecule has 2 aliphatic carbocycles. The fourth-order valence-electron chi connectivity index (χ4n) is 5.19. The summed E-state index contributed by atoms with van der Waals surface area (Å²) in [7, 11) is -4.00. The van der Waals surface area contributed by atoms with Crippen molar-refractivity contribution >= 4 is 33.5 Å². The van der Waals surface area contributed by atoms with E-state index in [4.69, 9.17) is 4.74 Å². The van der Waals surface area contributed by atoms with E-state index in [0.717, 1.165) is 12.8 Å². The van der Waals surface area contributed by atoms with Gasteiger partial charge in [-0.3, -0.25) is 14.4 Å². The van der Waals surface area contributed by atoms with Crippen molar-refractivity contribution in [3.63, 3.8) is 0 Å². The summed E-state index contributed by atoms with van der Waals surface area (Å²) >= 11 is 0. The van der Waals surface area contributed by atoms with Gasteiger partial charge in [-0.05, 0) is 67.2 Å². The normalized spacial score (nSPS) is 26.5. The molecule has 2 aliphatic rings. The largest absolute Gasteiger partial charge is 0.454 e. The van der Waals surface area contributed by atoms with E-state index in [1.165, 1.54) is 44.5 Å². The maximum Gasteiger partial charge on any atom is 0.324 e. The zero-order valence-corrected chi connectivity index (χ0v) is 20.5. The molecule has 182 valence electrons. The minimum Gasteiger partial charge on any atom is -0.454 e. The number of nitrogens with one attached hydrogen (secondary N) is 3. The van der Waals surface area contributed by atoms with Gasteiger partial charge in [-0.2, -0.15) is 4.72 Å². The van der Waals surface area contributed by atoms with E-state index in [0.29, 0.717) is 11.6 Å². The van der Waals surface area contributed by atoms with Gasteiger partial charge in [0.25, 0.3) is 5.91 Å². The van der Waals surface area contributed by atoms with Gasteiger partial charge in [0.2, 0.25) is 15.9 Å². The predicted molar refractivity (Wildman–Crippen MR) is 123 cm³/mol. The standard InChI is InChI=1S/C23H33N3O6S/c1-14(26-33(30,31)18-8-6-17(7-9-18)24-15(2)27)21(29)32-13-20(28)25-19-12-16-10-11-23(19,5)22(16,3)4/h6-9,14,16,19,26H,10-13H2,1-5H3,(H,24,27)(H,25,28)/t14-,16?,19?,23?/m0/s1.